The zero-order chi connectivity index (χ0) is 9.10. The van der Waals surface area contributed by atoms with Gasteiger partial charge in [-0.25, -0.2) is 0 Å². The summed E-state index contributed by atoms with van der Waals surface area (Å²) in [5, 5.41) is 0. The standard InChI is InChI=1S/C12H16O/c13-9-12(10-5-1-2-6-10)11-7-3-4-8-11/h5,9H,1-4,6-8H2. The summed E-state index contributed by atoms with van der Waals surface area (Å²) in [6, 6.07) is 0. The van der Waals surface area contributed by atoms with Crippen LogP contribution in [0.4, 0.5) is 0 Å². The molecular formula is C12H16O. The Morgan fingerprint density at radius 3 is 2.46 bits per heavy atom. The highest BCUT2D eigenvalue weighted by molar-refractivity contribution is 5.81. The van der Waals surface area contributed by atoms with Crippen LogP contribution in [0.3, 0.4) is 0 Å². The largest absolute Gasteiger partial charge is 0.298 e. The van der Waals surface area contributed by atoms with Gasteiger partial charge in [-0.3, -0.25) is 4.79 Å². The van der Waals surface area contributed by atoms with E-state index < -0.39 is 0 Å². The van der Waals surface area contributed by atoms with E-state index in [0.717, 1.165) is 31.1 Å². The van der Waals surface area contributed by atoms with Crippen LogP contribution in [-0.4, -0.2) is 6.29 Å². The first-order chi connectivity index (χ1) is 6.42. The van der Waals surface area contributed by atoms with E-state index in [1.54, 1.807) is 0 Å². The molecule has 2 aliphatic rings. The van der Waals surface area contributed by atoms with Crippen LogP contribution >= 0.6 is 0 Å². The van der Waals surface area contributed by atoms with Crippen molar-refractivity contribution >= 4 is 6.29 Å². The Morgan fingerprint density at radius 2 is 1.92 bits per heavy atom. The van der Waals surface area contributed by atoms with E-state index in [1.807, 2.05) is 0 Å². The van der Waals surface area contributed by atoms with E-state index in [4.69, 9.17) is 0 Å². The molecule has 0 atom stereocenters. The van der Waals surface area contributed by atoms with E-state index in [0.29, 0.717) is 0 Å². The molecule has 0 N–H and O–H groups in total. The van der Waals surface area contributed by atoms with Gasteiger partial charge in [-0.05, 0) is 50.5 Å². The Kier molecular flexibility index (Phi) is 2.62. The molecule has 0 aromatic carbocycles. The normalized spacial score (nSPS) is 21.8. The zero-order valence-corrected chi connectivity index (χ0v) is 8.01. The van der Waals surface area contributed by atoms with Crippen LogP contribution in [0.2, 0.25) is 0 Å². The highest BCUT2D eigenvalue weighted by Gasteiger charge is 2.16. The average molecular weight is 176 g/mol. The van der Waals surface area contributed by atoms with E-state index in [9.17, 15) is 4.79 Å². The maximum absolute atomic E-state index is 11.0. The smallest absolute Gasteiger partial charge is 0.150 e. The maximum Gasteiger partial charge on any atom is 0.150 e. The van der Waals surface area contributed by atoms with E-state index in [1.165, 1.54) is 36.8 Å². The molecule has 1 nitrogen and oxygen atoms in total. The Hall–Kier alpha value is -0.850. The van der Waals surface area contributed by atoms with Gasteiger partial charge in [-0.15, -0.1) is 0 Å². The fourth-order valence-corrected chi connectivity index (χ4v) is 2.37. The van der Waals surface area contributed by atoms with E-state index in [-0.39, 0.29) is 0 Å². The van der Waals surface area contributed by atoms with Crippen molar-refractivity contribution in [1.29, 1.82) is 0 Å². The van der Waals surface area contributed by atoms with E-state index in [2.05, 4.69) is 6.08 Å². The summed E-state index contributed by atoms with van der Waals surface area (Å²) < 4.78 is 0. The zero-order valence-electron chi connectivity index (χ0n) is 8.01. The minimum atomic E-state index is 1.05. The number of carbonyl (C=O) groups excluding carboxylic acids is 1. The molecule has 13 heavy (non-hydrogen) atoms. The first-order valence-corrected chi connectivity index (χ1v) is 5.28. The number of rotatable bonds is 2. The highest BCUT2D eigenvalue weighted by atomic mass is 16.1. The third kappa shape index (κ3) is 1.74. The van der Waals surface area contributed by atoms with Crippen LogP contribution in [0.5, 0.6) is 0 Å². The van der Waals surface area contributed by atoms with Gasteiger partial charge in [0.05, 0.1) is 0 Å². The van der Waals surface area contributed by atoms with Crippen molar-refractivity contribution in [3.8, 4) is 0 Å². The summed E-state index contributed by atoms with van der Waals surface area (Å²) >= 11 is 0. The summed E-state index contributed by atoms with van der Waals surface area (Å²) in [5.41, 5.74) is 3.80. The van der Waals surface area contributed by atoms with Gasteiger partial charge in [0, 0.05) is 5.57 Å². The molecule has 0 unspecified atom stereocenters. The third-order valence-corrected chi connectivity index (χ3v) is 3.09. The molecule has 0 spiro atoms. The van der Waals surface area contributed by atoms with Crippen LogP contribution in [0.1, 0.15) is 44.9 Å². The molecule has 2 aliphatic carbocycles. The number of hydrogen-bond donors (Lipinski definition) is 0. The molecule has 0 aromatic rings. The lowest BCUT2D eigenvalue weighted by Gasteiger charge is -2.05. The van der Waals surface area contributed by atoms with Crippen molar-refractivity contribution in [2.75, 3.05) is 0 Å². The first-order valence-electron chi connectivity index (χ1n) is 5.28. The van der Waals surface area contributed by atoms with Crippen molar-refractivity contribution in [2.45, 2.75) is 44.9 Å². The molecule has 1 saturated carbocycles. The molecule has 1 fully saturated rings. The van der Waals surface area contributed by atoms with Crippen molar-refractivity contribution in [3.63, 3.8) is 0 Å². The van der Waals surface area contributed by atoms with Gasteiger partial charge in [0.15, 0.2) is 0 Å². The first kappa shape index (κ1) is 8.74. The SMILES string of the molecule is O=CC(C1=CCCC1)=C1CCCC1. The van der Waals surface area contributed by atoms with Gasteiger partial charge >= 0.3 is 0 Å². The van der Waals surface area contributed by atoms with Crippen molar-refractivity contribution < 1.29 is 4.79 Å². The van der Waals surface area contributed by atoms with Gasteiger partial charge in [-0.1, -0.05) is 11.6 Å². The van der Waals surface area contributed by atoms with E-state index >= 15 is 0 Å². The maximum atomic E-state index is 11.0. The number of carbonyl (C=O) groups is 1. The summed E-state index contributed by atoms with van der Waals surface area (Å²) in [7, 11) is 0. The summed E-state index contributed by atoms with van der Waals surface area (Å²) in [4.78, 5) is 11.0. The topological polar surface area (TPSA) is 17.1 Å². The van der Waals surface area contributed by atoms with Gasteiger partial charge in [0.2, 0.25) is 0 Å². The second kappa shape index (κ2) is 3.91. The van der Waals surface area contributed by atoms with Crippen LogP contribution < -0.4 is 0 Å². The molecule has 0 radical (unpaired) electrons. The average Bonchev–Trinajstić information content (AvgIpc) is 2.76. The summed E-state index contributed by atoms with van der Waals surface area (Å²) in [6.07, 6.45) is 11.7. The Bertz CT molecular complexity index is 263. The second-order valence-corrected chi connectivity index (χ2v) is 3.96. The van der Waals surface area contributed by atoms with Gasteiger partial charge in [-0.2, -0.15) is 0 Å². The van der Waals surface area contributed by atoms with Crippen molar-refractivity contribution in [1.82, 2.24) is 0 Å². The fourth-order valence-electron chi connectivity index (χ4n) is 2.37. The Balaban J connectivity index is 2.24. The van der Waals surface area contributed by atoms with Crippen LogP contribution in [0.15, 0.2) is 22.8 Å². The van der Waals surface area contributed by atoms with Crippen molar-refractivity contribution in [2.24, 2.45) is 0 Å². The number of hydrogen-bond acceptors (Lipinski definition) is 1. The fraction of sp³-hybridized carbons (Fsp3) is 0.583. The Labute approximate surface area is 79.5 Å². The molecule has 0 amide bonds. The number of allylic oxidation sites excluding steroid dienone is 4. The molecule has 0 aliphatic heterocycles. The lowest BCUT2D eigenvalue weighted by atomic mass is 9.99. The number of aldehydes is 1. The highest BCUT2D eigenvalue weighted by Crippen LogP contribution is 2.32. The summed E-state index contributed by atoms with van der Waals surface area (Å²) in [6.45, 7) is 0. The van der Waals surface area contributed by atoms with Gasteiger partial charge < -0.3 is 0 Å². The monoisotopic (exact) mass is 176 g/mol. The predicted molar refractivity (Wildman–Crippen MR) is 53.5 cm³/mol. The molecular weight excluding hydrogens is 160 g/mol. The molecule has 0 aromatic heterocycles. The summed E-state index contributed by atoms with van der Waals surface area (Å²) in [5.74, 6) is 0. The third-order valence-electron chi connectivity index (χ3n) is 3.09. The minimum Gasteiger partial charge on any atom is -0.298 e. The molecule has 0 heterocycles. The van der Waals surface area contributed by atoms with Crippen molar-refractivity contribution in [3.05, 3.63) is 22.8 Å². The molecule has 0 saturated heterocycles. The van der Waals surface area contributed by atoms with Crippen LogP contribution in [0, 0.1) is 0 Å². The van der Waals surface area contributed by atoms with Crippen LogP contribution in [-0.2, 0) is 4.79 Å². The van der Waals surface area contributed by atoms with Gasteiger partial charge in [0.25, 0.3) is 0 Å². The van der Waals surface area contributed by atoms with Gasteiger partial charge in [0.1, 0.15) is 6.29 Å². The predicted octanol–water partition coefficient (Wildman–Crippen LogP) is 3.17. The Morgan fingerprint density at radius 1 is 1.15 bits per heavy atom. The lowest BCUT2D eigenvalue weighted by molar-refractivity contribution is -0.104. The molecule has 1 heteroatoms. The second-order valence-electron chi connectivity index (χ2n) is 3.96. The quantitative estimate of drug-likeness (QED) is 0.466. The molecule has 70 valence electrons. The molecule has 0 bridgehead atoms. The minimum absolute atomic E-state index is 1.05. The van der Waals surface area contributed by atoms with Crippen LogP contribution in [0.25, 0.3) is 0 Å². The molecule has 2 rings (SSSR count). The lowest BCUT2D eigenvalue weighted by Crippen LogP contribution is -1.93.